The second-order valence-electron chi connectivity index (χ2n) is 8.63. The summed E-state index contributed by atoms with van der Waals surface area (Å²) in [6.07, 6.45) is -3.20. The highest BCUT2D eigenvalue weighted by Gasteiger charge is 2.30. The van der Waals surface area contributed by atoms with Gasteiger partial charge >= 0.3 is 6.18 Å². The summed E-state index contributed by atoms with van der Waals surface area (Å²) in [6.45, 7) is 2.50. The van der Waals surface area contributed by atoms with Gasteiger partial charge in [0.25, 0.3) is 5.91 Å². The minimum atomic E-state index is -4.44. The highest BCUT2D eigenvalue weighted by atomic mass is 19.4. The molecule has 3 aromatic carbocycles. The molecule has 4 aromatic rings. The predicted molar refractivity (Wildman–Crippen MR) is 130 cm³/mol. The second kappa shape index (κ2) is 11.4. The van der Waals surface area contributed by atoms with Crippen LogP contribution >= 0.6 is 0 Å². The molecule has 0 spiro atoms. The first-order chi connectivity index (χ1) is 17.7. The number of nitrogens with zero attached hydrogens (tertiary/aromatic N) is 2. The van der Waals surface area contributed by atoms with Crippen LogP contribution in [0.15, 0.2) is 89.5 Å². The van der Waals surface area contributed by atoms with Gasteiger partial charge in [0.05, 0.1) is 12.1 Å². The van der Waals surface area contributed by atoms with E-state index in [1.165, 1.54) is 24.5 Å². The Morgan fingerprint density at radius 1 is 0.973 bits per heavy atom. The lowest BCUT2D eigenvalue weighted by Gasteiger charge is -2.28. The molecule has 0 aliphatic heterocycles. The first kappa shape index (κ1) is 26.1. The van der Waals surface area contributed by atoms with Crippen molar-refractivity contribution in [3.05, 3.63) is 125 Å². The van der Waals surface area contributed by atoms with E-state index in [1.807, 2.05) is 42.2 Å². The molecule has 5 nitrogen and oxygen atoms in total. The van der Waals surface area contributed by atoms with E-state index < -0.39 is 17.6 Å². The molecule has 1 heterocycles. The standard InChI is InChI=1S/C28H25F4N3O2/c1-19(22-7-3-2-4-8-22)35(16-21-6-5-9-23(14-21)28(30,31)32)17-26-34-25(18-37-26)27(36)33-15-20-10-12-24(29)13-11-20/h2-14,18-19H,15-17H2,1H3,(H,33,36)/t19-/m1/s1. The summed E-state index contributed by atoms with van der Waals surface area (Å²) in [5.74, 6) is -0.572. The summed E-state index contributed by atoms with van der Waals surface area (Å²) in [4.78, 5) is 18.8. The molecule has 0 unspecified atom stereocenters. The number of oxazole rings is 1. The number of hydrogen-bond acceptors (Lipinski definition) is 4. The Morgan fingerprint density at radius 2 is 1.70 bits per heavy atom. The number of nitrogens with one attached hydrogen (secondary N) is 1. The van der Waals surface area contributed by atoms with Gasteiger partial charge in [0, 0.05) is 19.1 Å². The highest BCUT2D eigenvalue weighted by Crippen LogP contribution is 2.31. The molecule has 4 rings (SSSR count). The summed E-state index contributed by atoms with van der Waals surface area (Å²) in [5, 5.41) is 2.71. The quantitative estimate of drug-likeness (QED) is 0.260. The molecule has 0 bridgehead atoms. The minimum absolute atomic E-state index is 0.0727. The lowest BCUT2D eigenvalue weighted by Crippen LogP contribution is -2.27. The molecule has 37 heavy (non-hydrogen) atoms. The predicted octanol–water partition coefficient (Wildman–Crippen LogP) is 6.53. The van der Waals surface area contributed by atoms with Gasteiger partial charge in [-0.2, -0.15) is 13.2 Å². The molecule has 0 saturated heterocycles. The van der Waals surface area contributed by atoms with Crippen LogP contribution in [-0.4, -0.2) is 15.8 Å². The van der Waals surface area contributed by atoms with Gasteiger partial charge in [-0.1, -0.05) is 60.7 Å². The number of halogens is 4. The monoisotopic (exact) mass is 511 g/mol. The lowest BCUT2D eigenvalue weighted by molar-refractivity contribution is -0.137. The van der Waals surface area contributed by atoms with Gasteiger partial charge in [0.2, 0.25) is 5.89 Å². The zero-order chi connectivity index (χ0) is 26.4. The van der Waals surface area contributed by atoms with Crippen molar-refractivity contribution in [1.29, 1.82) is 0 Å². The minimum Gasteiger partial charge on any atom is -0.447 e. The van der Waals surface area contributed by atoms with Crippen LogP contribution in [-0.2, 0) is 25.8 Å². The maximum atomic E-state index is 13.2. The zero-order valence-electron chi connectivity index (χ0n) is 20.0. The number of carbonyl (C=O) groups is 1. The Bertz CT molecular complexity index is 1320. The summed E-state index contributed by atoms with van der Waals surface area (Å²) in [7, 11) is 0. The van der Waals surface area contributed by atoms with Crippen LogP contribution in [0.5, 0.6) is 0 Å². The van der Waals surface area contributed by atoms with Crippen molar-refractivity contribution in [2.45, 2.75) is 38.8 Å². The third kappa shape index (κ3) is 7.04. The molecule has 1 N–H and O–H groups in total. The fraction of sp³-hybridized carbons (Fsp3) is 0.214. The van der Waals surface area contributed by atoms with Crippen molar-refractivity contribution in [2.24, 2.45) is 0 Å². The van der Waals surface area contributed by atoms with Crippen molar-refractivity contribution < 1.29 is 26.8 Å². The molecule has 9 heteroatoms. The topological polar surface area (TPSA) is 58.4 Å². The molecular formula is C28H25F4N3O2. The van der Waals surface area contributed by atoms with Crippen LogP contribution in [0.4, 0.5) is 17.6 Å². The van der Waals surface area contributed by atoms with Crippen molar-refractivity contribution in [1.82, 2.24) is 15.2 Å². The number of benzene rings is 3. The summed E-state index contributed by atoms with van der Waals surface area (Å²) < 4.78 is 58.4. The number of amides is 1. The number of aromatic nitrogens is 1. The fourth-order valence-electron chi connectivity index (χ4n) is 3.89. The molecule has 0 saturated carbocycles. The molecule has 0 aliphatic carbocycles. The molecule has 0 radical (unpaired) electrons. The summed E-state index contributed by atoms with van der Waals surface area (Å²) in [5.41, 5.74) is 1.54. The number of hydrogen-bond donors (Lipinski definition) is 1. The van der Waals surface area contributed by atoms with Gasteiger partial charge in [0.1, 0.15) is 12.1 Å². The number of alkyl halides is 3. The maximum Gasteiger partial charge on any atom is 0.416 e. The van der Waals surface area contributed by atoms with Crippen LogP contribution < -0.4 is 5.32 Å². The van der Waals surface area contributed by atoms with E-state index in [2.05, 4.69) is 10.3 Å². The Kier molecular flexibility index (Phi) is 8.03. The normalized spacial score (nSPS) is 12.5. The van der Waals surface area contributed by atoms with Gasteiger partial charge in [-0.05, 0) is 41.8 Å². The van der Waals surface area contributed by atoms with E-state index in [9.17, 15) is 22.4 Å². The smallest absolute Gasteiger partial charge is 0.416 e. The Hall–Kier alpha value is -3.98. The molecular weight excluding hydrogens is 486 g/mol. The summed E-state index contributed by atoms with van der Waals surface area (Å²) >= 11 is 0. The van der Waals surface area contributed by atoms with E-state index in [4.69, 9.17) is 4.42 Å². The average molecular weight is 512 g/mol. The van der Waals surface area contributed by atoms with Crippen LogP contribution in [0.25, 0.3) is 0 Å². The molecule has 1 aromatic heterocycles. The van der Waals surface area contributed by atoms with Crippen molar-refractivity contribution in [3.63, 3.8) is 0 Å². The van der Waals surface area contributed by atoms with Crippen molar-refractivity contribution in [2.75, 3.05) is 0 Å². The van der Waals surface area contributed by atoms with E-state index in [-0.39, 0.29) is 43.1 Å². The van der Waals surface area contributed by atoms with Gasteiger partial charge in [-0.25, -0.2) is 9.37 Å². The highest BCUT2D eigenvalue weighted by molar-refractivity contribution is 5.91. The third-order valence-electron chi connectivity index (χ3n) is 5.96. The zero-order valence-corrected chi connectivity index (χ0v) is 20.0. The molecule has 1 amide bonds. The Morgan fingerprint density at radius 3 is 2.41 bits per heavy atom. The molecule has 192 valence electrons. The third-order valence-corrected chi connectivity index (χ3v) is 5.96. The Balaban J connectivity index is 1.49. The number of rotatable bonds is 9. The van der Waals surface area contributed by atoms with E-state index in [0.717, 1.165) is 23.3 Å². The Labute approximate surface area is 211 Å². The first-order valence-corrected chi connectivity index (χ1v) is 11.6. The molecule has 0 aliphatic rings. The van der Waals surface area contributed by atoms with Crippen LogP contribution in [0.3, 0.4) is 0 Å². The fourth-order valence-corrected chi connectivity index (χ4v) is 3.89. The van der Waals surface area contributed by atoms with Crippen molar-refractivity contribution in [3.8, 4) is 0 Å². The second-order valence-corrected chi connectivity index (χ2v) is 8.63. The van der Waals surface area contributed by atoms with E-state index in [1.54, 1.807) is 18.2 Å². The largest absolute Gasteiger partial charge is 0.447 e. The molecule has 1 atom stereocenters. The van der Waals surface area contributed by atoms with Crippen LogP contribution in [0, 0.1) is 5.82 Å². The maximum absolute atomic E-state index is 13.2. The van der Waals surface area contributed by atoms with Gasteiger partial charge in [0.15, 0.2) is 5.69 Å². The van der Waals surface area contributed by atoms with Crippen LogP contribution in [0.2, 0.25) is 0 Å². The first-order valence-electron chi connectivity index (χ1n) is 11.6. The van der Waals surface area contributed by atoms with Crippen LogP contribution in [0.1, 0.15) is 51.6 Å². The van der Waals surface area contributed by atoms with E-state index >= 15 is 0 Å². The average Bonchev–Trinajstić information content (AvgIpc) is 3.36. The van der Waals surface area contributed by atoms with Gasteiger partial charge in [-0.3, -0.25) is 9.69 Å². The van der Waals surface area contributed by atoms with E-state index in [0.29, 0.717) is 5.56 Å². The number of carbonyl (C=O) groups excluding carboxylic acids is 1. The van der Waals surface area contributed by atoms with Gasteiger partial charge < -0.3 is 9.73 Å². The van der Waals surface area contributed by atoms with Crippen molar-refractivity contribution >= 4 is 5.91 Å². The molecule has 0 fully saturated rings. The summed E-state index contributed by atoms with van der Waals surface area (Å²) in [6, 6.07) is 20.3. The SMILES string of the molecule is C[C@H](c1ccccc1)N(Cc1cccc(C(F)(F)F)c1)Cc1nc(C(=O)NCc2ccc(F)cc2)co1. The van der Waals surface area contributed by atoms with Gasteiger partial charge in [-0.15, -0.1) is 0 Å². The lowest BCUT2D eigenvalue weighted by atomic mass is 10.0.